The second kappa shape index (κ2) is 3.17. The van der Waals surface area contributed by atoms with Gasteiger partial charge in [0, 0.05) is 16.4 Å². The number of hydrogen-bond donors (Lipinski definition) is 0. The molecule has 0 fully saturated rings. The van der Waals surface area contributed by atoms with Gasteiger partial charge in [-0.25, -0.2) is 4.98 Å². The maximum Gasteiger partial charge on any atom is 0.273 e. The normalized spacial score (nSPS) is 9.56. The standard InChI is InChI=1S/C5H6BrNOS/c1-8-5-7-3-4(2-6)9-5/h3H,2H2,1H3. The molecule has 2 nitrogen and oxygen atoms in total. The minimum atomic E-state index is 0.726. The molecule has 0 amide bonds. The Balaban J connectivity index is 2.74. The number of aromatic nitrogens is 1. The van der Waals surface area contributed by atoms with E-state index < -0.39 is 0 Å². The van der Waals surface area contributed by atoms with Crippen LogP contribution in [-0.2, 0) is 5.33 Å². The monoisotopic (exact) mass is 207 g/mol. The lowest BCUT2D eigenvalue weighted by Crippen LogP contribution is -1.76. The highest BCUT2D eigenvalue weighted by Crippen LogP contribution is 2.21. The van der Waals surface area contributed by atoms with Crippen LogP contribution >= 0.6 is 27.3 Å². The lowest BCUT2D eigenvalue weighted by molar-refractivity contribution is 0.412. The van der Waals surface area contributed by atoms with E-state index in [-0.39, 0.29) is 0 Å². The molecule has 0 atom stereocenters. The van der Waals surface area contributed by atoms with E-state index >= 15 is 0 Å². The Morgan fingerprint density at radius 1 is 1.89 bits per heavy atom. The molecule has 1 rings (SSSR count). The maximum atomic E-state index is 4.88. The first-order valence-electron chi connectivity index (χ1n) is 2.41. The summed E-state index contributed by atoms with van der Waals surface area (Å²) < 4.78 is 4.88. The Morgan fingerprint density at radius 3 is 3.00 bits per heavy atom. The third kappa shape index (κ3) is 1.66. The predicted molar refractivity (Wildman–Crippen MR) is 41.3 cm³/mol. The van der Waals surface area contributed by atoms with Gasteiger partial charge in [0.05, 0.1) is 7.11 Å². The van der Waals surface area contributed by atoms with Crippen LogP contribution < -0.4 is 4.74 Å². The van der Waals surface area contributed by atoms with Crippen molar-refractivity contribution in [1.29, 1.82) is 0 Å². The zero-order valence-electron chi connectivity index (χ0n) is 4.93. The molecule has 0 aliphatic carbocycles. The zero-order valence-corrected chi connectivity index (χ0v) is 7.33. The van der Waals surface area contributed by atoms with E-state index in [2.05, 4.69) is 20.9 Å². The van der Waals surface area contributed by atoms with Gasteiger partial charge in [0.15, 0.2) is 0 Å². The van der Waals surface area contributed by atoms with Crippen LogP contribution in [0.15, 0.2) is 6.20 Å². The summed E-state index contributed by atoms with van der Waals surface area (Å²) in [5.74, 6) is 0. The van der Waals surface area contributed by atoms with Crippen LogP contribution in [0.5, 0.6) is 5.19 Å². The van der Waals surface area contributed by atoms with E-state index in [1.165, 1.54) is 4.88 Å². The van der Waals surface area contributed by atoms with E-state index in [9.17, 15) is 0 Å². The summed E-state index contributed by atoms with van der Waals surface area (Å²) in [6, 6.07) is 0. The highest BCUT2D eigenvalue weighted by atomic mass is 79.9. The number of nitrogens with zero attached hydrogens (tertiary/aromatic N) is 1. The number of ether oxygens (including phenoxy) is 1. The van der Waals surface area contributed by atoms with E-state index in [4.69, 9.17) is 4.74 Å². The Morgan fingerprint density at radius 2 is 2.67 bits per heavy atom. The Hall–Kier alpha value is -0.0900. The summed E-state index contributed by atoms with van der Waals surface area (Å²) in [6.45, 7) is 0. The van der Waals surface area contributed by atoms with E-state index in [1.807, 2.05) is 0 Å². The topological polar surface area (TPSA) is 22.1 Å². The van der Waals surface area contributed by atoms with Crippen LogP contribution in [0.1, 0.15) is 4.88 Å². The Labute approximate surface area is 66.0 Å². The van der Waals surface area contributed by atoms with Crippen molar-refractivity contribution in [2.75, 3.05) is 7.11 Å². The van der Waals surface area contributed by atoms with Crippen molar-refractivity contribution in [2.24, 2.45) is 0 Å². The highest BCUT2D eigenvalue weighted by Gasteiger charge is 1.97. The molecule has 0 aliphatic heterocycles. The number of alkyl halides is 1. The van der Waals surface area contributed by atoms with E-state index in [0.29, 0.717) is 0 Å². The quantitative estimate of drug-likeness (QED) is 0.694. The number of thiazole rings is 1. The molecule has 0 aliphatic rings. The average Bonchev–Trinajstić information content (AvgIpc) is 2.34. The Bertz CT molecular complexity index is 170. The largest absolute Gasteiger partial charge is 0.473 e. The smallest absolute Gasteiger partial charge is 0.273 e. The molecule has 1 aromatic rings. The van der Waals surface area contributed by atoms with Gasteiger partial charge in [-0.3, -0.25) is 0 Å². The molecule has 50 valence electrons. The van der Waals surface area contributed by atoms with Crippen molar-refractivity contribution >= 4 is 27.3 Å². The number of methoxy groups -OCH3 is 1. The van der Waals surface area contributed by atoms with Crippen LogP contribution in [0.3, 0.4) is 0 Å². The number of halogens is 1. The van der Waals surface area contributed by atoms with Crippen LogP contribution in [0, 0.1) is 0 Å². The number of rotatable bonds is 2. The first kappa shape index (κ1) is 7.02. The van der Waals surface area contributed by atoms with Gasteiger partial charge < -0.3 is 4.74 Å². The zero-order chi connectivity index (χ0) is 6.69. The fourth-order valence-electron chi connectivity index (χ4n) is 0.446. The van der Waals surface area contributed by atoms with Crippen molar-refractivity contribution in [2.45, 2.75) is 5.33 Å². The summed E-state index contributed by atoms with van der Waals surface area (Å²) in [5, 5.41) is 1.58. The van der Waals surface area contributed by atoms with Gasteiger partial charge in [-0.05, 0) is 0 Å². The second-order valence-corrected chi connectivity index (χ2v) is 3.07. The van der Waals surface area contributed by atoms with Crippen LogP contribution in [0.4, 0.5) is 0 Å². The van der Waals surface area contributed by atoms with Gasteiger partial charge in [0.1, 0.15) is 0 Å². The molecule has 1 heterocycles. The highest BCUT2D eigenvalue weighted by molar-refractivity contribution is 9.08. The minimum Gasteiger partial charge on any atom is -0.473 e. The lowest BCUT2D eigenvalue weighted by atomic mass is 10.7. The fourth-order valence-corrected chi connectivity index (χ4v) is 1.51. The molecule has 1 aromatic heterocycles. The molecule has 9 heavy (non-hydrogen) atoms. The van der Waals surface area contributed by atoms with E-state index in [0.717, 1.165) is 10.5 Å². The third-order valence-electron chi connectivity index (χ3n) is 0.839. The molecule has 0 radical (unpaired) electrons. The third-order valence-corrected chi connectivity index (χ3v) is 2.77. The van der Waals surface area contributed by atoms with Gasteiger partial charge in [0.25, 0.3) is 5.19 Å². The first-order chi connectivity index (χ1) is 4.36. The molecule has 0 bridgehead atoms. The molecule has 0 aromatic carbocycles. The summed E-state index contributed by atoms with van der Waals surface area (Å²) in [5.41, 5.74) is 0. The number of hydrogen-bond acceptors (Lipinski definition) is 3. The average molecular weight is 208 g/mol. The van der Waals surface area contributed by atoms with Gasteiger partial charge >= 0.3 is 0 Å². The lowest BCUT2D eigenvalue weighted by Gasteiger charge is -1.85. The first-order valence-corrected chi connectivity index (χ1v) is 4.35. The summed E-state index contributed by atoms with van der Waals surface area (Å²) >= 11 is 4.87. The van der Waals surface area contributed by atoms with Gasteiger partial charge in [-0.2, -0.15) is 0 Å². The van der Waals surface area contributed by atoms with Gasteiger partial charge in [-0.15, -0.1) is 0 Å². The molecule has 4 heteroatoms. The Kier molecular flexibility index (Phi) is 2.48. The second-order valence-electron chi connectivity index (χ2n) is 1.43. The van der Waals surface area contributed by atoms with Crippen molar-refractivity contribution < 1.29 is 4.74 Å². The van der Waals surface area contributed by atoms with Crippen molar-refractivity contribution in [3.8, 4) is 5.19 Å². The molecular formula is C5H6BrNOS. The molecule has 0 saturated heterocycles. The van der Waals surface area contributed by atoms with Crippen molar-refractivity contribution in [3.05, 3.63) is 11.1 Å². The fraction of sp³-hybridized carbons (Fsp3) is 0.400. The molecule has 0 saturated carbocycles. The van der Waals surface area contributed by atoms with E-state index in [1.54, 1.807) is 24.6 Å². The summed E-state index contributed by atoms with van der Waals surface area (Å²) in [7, 11) is 1.62. The predicted octanol–water partition coefficient (Wildman–Crippen LogP) is 2.05. The van der Waals surface area contributed by atoms with Crippen molar-refractivity contribution in [1.82, 2.24) is 4.98 Å². The maximum absolute atomic E-state index is 4.88. The SMILES string of the molecule is COc1ncc(CBr)s1. The molecule has 0 N–H and O–H groups in total. The molecule has 0 unspecified atom stereocenters. The van der Waals surface area contributed by atoms with Gasteiger partial charge in [0.2, 0.25) is 0 Å². The molecule has 0 spiro atoms. The summed E-state index contributed by atoms with van der Waals surface area (Å²) in [4.78, 5) is 5.16. The van der Waals surface area contributed by atoms with Crippen LogP contribution in [0.25, 0.3) is 0 Å². The summed E-state index contributed by atoms with van der Waals surface area (Å²) in [6.07, 6.45) is 1.80. The van der Waals surface area contributed by atoms with Crippen molar-refractivity contribution in [3.63, 3.8) is 0 Å². The van der Waals surface area contributed by atoms with Crippen LogP contribution in [0.2, 0.25) is 0 Å². The van der Waals surface area contributed by atoms with Crippen LogP contribution in [-0.4, -0.2) is 12.1 Å². The molecular weight excluding hydrogens is 202 g/mol. The van der Waals surface area contributed by atoms with Gasteiger partial charge in [-0.1, -0.05) is 27.3 Å². The minimum absolute atomic E-state index is 0.726.